The zero-order chi connectivity index (χ0) is 4.99. The molecule has 0 aliphatic carbocycles. The van der Waals surface area contributed by atoms with Gasteiger partial charge in [-0.1, -0.05) is 9.81 Å². The molecular weight excluding hydrogens is 107 g/mol. The van der Waals surface area contributed by atoms with Crippen molar-refractivity contribution >= 4 is 8.10 Å². The molecule has 0 radical (unpaired) electrons. The van der Waals surface area contributed by atoms with Crippen LogP contribution in [0, 0.1) is 9.81 Å². The van der Waals surface area contributed by atoms with Crippen molar-refractivity contribution < 1.29 is 4.57 Å². The molecular formula is N2O3P+. The SMILES string of the molecule is O=N[P+](=O)N=O. The highest BCUT2D eigenvalue weighted by molar-refractivity contribution is 7.41. The maximum Gasteiger partial charge on any atom is 0.720 e. The molecule has 0 heterocycles. The van der Waals surface area contributed by atoms with Gasteiger partial charge in [0.15, 0.2) is 0 Å². The van der Waals surface area contributed by atoms with Gasteiger partial charge in [0.05, 0.1) is 0 Å². The van der Waals surface area contributed by atoms with E-state index < -0.39 is 8.10 Å². The number of hydrogen-bond acceptors (Lipinski definition) is 3. The van der Waals surface area contributed by atoms with Gasteiger partial charge < -0.3 is 0 Å². The number of nitrogens with zero attached hydrogens (tertiary/aromatic N) is 2. The largest absolute Gasteiger partial charge is 0.720 e. The van der Waals surface area contributed by atoms with E-state index in [2.05, 4.69) is 0 Å². The Morgan fingerprint density at radius 2 is 1.50 bits per heavy atom. The van der Waals surface area contributed by atoms with Gasteiger partial charge in [0.25, 0.3) is 0 Å². The predicted octanol–water partition coefficient (Wildman–Crippen LogP) is 1.18. The van der Waals surface area contributed by atoms with Crippen LogP contribution in [-0.4, -0.2) is 0 Å². The van der Waals surface area contributed by atoms with Gasteiger partial charge in [0.1, 0.15) is 0 Å². The van der Waals surface area contributed by atoms with Crippen molar-refractivity contribution in [3.05, 3.63) is 9.81 Å². The van der Waals surface area contributed by atoms with E-state index in [4.69, 9.17) is 9.81 Å². The Bertz CT molecular complexity index is 76.8. The van der Waals surface area contributed by atoms with Crippen molar-refractivity contribution in [3.63, 3.8) is 0 Å². The van der Waals surface area contributed by atoms with E-state index >= 15 is 0 Å². The molecule has 0 aliphatic rings. The molecule has 0 aliphatic heterocycles. The first kappa shape index (κ1) is 5.30. The minimum Gasteiger partial charge on any atom is -0.0949 e. The molecule has 5 nitrogen and oxygen atoms in total. The van der Waals surface area contributed by atoms with Crippen LogP contribution in [0.5, 0.6) is 0 Å². The molecule has 6 heteroatoms. The van der Waals surface area contributed by atoms with Gasteiger partial charge in [-0.2, -0.15) is 0 Å². The molecule has 0 aromatic rings. The molecule has 0 N–H and O–H groups in total. The van der Waals surface area contributed by atoms with Gasteiger partial charge in [-0.25, -0.2) is 0 Å². The molecule has 0 saturated heterocycles. The van der Waals surface area contributed by atoms with Crippen molar-refractivity contribution in [1.29, 1.82) is 0 Å². The molecule has 0 bridgehead atoms. The fraction of sp³-hybridized carbons (Fsp3) is 0. The summed E-state index contributed by atoms with van der Waals surface area (Å²) in [6, 6.07) is 0. The molecule has 0 unspecified atom stereocenters. The van der Waals surface area contributed by atoms with E-state index in [-0.39, 0.29) is 0 Å². The summed E-state index contributed by atoms with van der Waals surface area (Å²) < 4.78 is 9.37. The monoisotopic (exact) mass is 107 g/mol. The minimum atomic E-state index is -2.69. The zero-order valence-corrected chi connectivity index (χ0v) is 3.46. The van der Waals surface area contributed by atoms with Crippen LogP contribution in [-0.2, 0) is 4.57 Å². The summed E-state index contributed by atoms with van der Waals surface area (Å²) in [5, 5.41) is 0. The van der Waals surface area contributed by atoms with Crippen molar-refractivity contribution in [2.75, 3.05) is 0 Å². The number of hydrogen-bond donors (Lipinski definition) is 0. The van der Waals surface area contributed by atoms with Crippen LogP contribution in [0.1, 0.15) is 0 Å². The fourth-order valence-corrected chi connectivity index (χ4v) is 0.0447. The van der Waals surface area contributed by atoms with Crippen molar-refractivity contribution in [2.24, 2.45) is 9.89 Å². The quantitative estimate of drug-likeness (QED) is 0.392. The Morgan fingerprint density at radius 1 is 1.17 bits per heavy atom. The number of rotatable bonds is 2. The van der Waals surface area contributed by atoms with Crippen LogP contribution in [0.4, 0.5) is 0 Å². The highest BCUT2D eigenvalue weighted by Gasteiger charge is 2.14. The highest BCUT2D eigenvalue weighted by atomic mass is 31.1. The van der Waals surface area contributed by atoms with E-state index in [0.717, 1.165) is 0 Å². The first-order valence-corrected chi connectivity index (χ1v) is 2.11. The molecule has 6 heavy (non-hydrogen) atoms. The molecule has 0 aromatic heterocycles. The minimum absolute atomic E-state index is 1.79. The lowest BCUT2D eigenvalue weighted by atomic mass is 13.7. The second-order valence-electron chi connectivity index (χ2n) is 0.416. The molecule has 32 valence electrons. The Morgan fingerprint density at radius 3 is 1.50 bits per heavy atom. The third kappa shape index (κ3) is 1.60. The van der Waals surface area contributed by atoms with E-state index in [1.54, 1.807) is 9.89 Å². The van der Waals surface area contributed by atoms with Gasteiger partial charge >= 0.3 is 8.10 Å². The Hall–Kier alpha value is -0.700. The van der Waals surface area contributed by atoms with Crippen LogP contribution in [0.15, 0.2) is 9.89 Å². The molecule has 0 atom stereocenters. The van der Waals surface area contributed by atoms with Gasteiger partial charge in [-0.15, -0.1) is 0 Å². The molecule has 0 amide bonds. The van der Waals surface area contributed by atoms with Gasteiger partial charge in [-0.3, -0.25) is 0 Å². The first-order valence-electron chi connectivity index (χ1n) is 0.948. The topological polar surface area (TPSA) is 75.9 Å². The van der Waals surface area contributed by atoms with Gasteiger partial charge in [-0.05, 0) is 0 Å². The smallest absolute Gasteiger partial charge is 0.0949 e. The second kappa shape index (κ2) is 2.53. The summed E-state index contributed by atoms with van der Waals surface area (Å²) in [7, 11) is -2.69. The summed E-state index contributed by atoms with van der Waals surface area (Å²) in [6.45, 7) is 0. The van der Waals surface area contributed by atoms with E-state index in [1.807, 2.05) is 0 Å². The van der Waals surface area contributed by atoms with Crippen LogP contribution >= 0.6 is 8.10 Å². The highest BCUT2D eigenvalue weighted by Crippen LogP contribution is 2.20. The summed E-state index contributed by atoms with van der Waals surface area (Å²) in [6.07, 6.45) is 0. The Kier molecular flexibility index (Phi) is 2.24. The van der Waals surface area contributed by atoms with Gasteiger partial charge in [0.2, 0.25) is 9.89 Å². The Labute approximate surface area is 33.6 Å². The number of nitroso groups, excluding NO2 is 2. The lowest BCUT2D eigenvalue weighted by Gasteiger charge is -1.34. The normalized spacial score (nSPS) is 6.67. The third-order valence-electron chi connectivity index (χ3n) is 0.140. The molecule has 0 spiro atoms. The summed E-state index contributed by atoms with van der Waals surface area (Å²) >= 11 is 0. The van der Waals surface area contributed by atoms with Crippen molar-refractivity contribution in [3.8, 4) is 0 Å². The second-order valence-corrected chi connectivity index (χ2v) is 1.25. The van der Waals surface area contributed by atoms with E-state index in [1.165, 1.54) is 0 Å². The summed E-state index contributed by atoms with van der Waals surface area (Å²) in [5.74, 6) is 0. The Balaban J connectivity index is 3.52. The standard InChI is InChI=1S/N2O3P/c3-1-6(5)2-4/q+1. The molecule has 0 rings (SSSR count). The van der Waals surface area contributed by atoms with Crippen molar-refractivity contribution in [1.82, 2.24) is 0 Å². The molecule has 0 fully saturated rings. The lowest BCUT2D eigenvalue weighted by molar-refractivity contribution is 0.589. The zero-order valence-electron chi connectivity index (χ0n) is 2.57. The van der Waals surface area contributed by atoms with Crippen LogP contribution in [0.2, 0.25) is 0 Å². The molecule has 0 saturated carbocycles. The maximum atomic E-state index is 9.37. The summed E-state index contributed by atoms with van der Waals surface area (Å²) in [4.78, 5) is 21.4. The van der Waals surface area contributed by atoms with Crippen LogP contribution in [0.25, 0.3) is 0 Å². The first-order chi connectivity index (χ1) is 2.81. The van der Waals surface area contributed by atoms with Crippen LogP contribution < -0.4 is 0 Å². The van der Waals surface area contributed by atoms with E-state index in [9.17, 15) is 4.57 Å². The predicted molar refractivity (Wildman–Crippen MR) is 19.2 cm³/mol. The summed E-state index contributed by atoms with van der Waals surface area (Å²) in [5.41, 5.74) is 0. The van der Waals surface area contributed by atoms with Crippen molar-refractivity contribution in [2.45, 2.75) is 0 Å². The maximum absolute atomic E-state index is 9.37. The average Bonchev–Trinajstić information content (AvgIpc) is 1.65. The lowest BCUT2D eigenvalue weighted by Crippen LogP contribution is -1.32. The van der Waals surface area contributed by atoms with Crippen LogP contribution in [0.3, 0.4) is 0 Å². The molecule has 0 aromatic carbocycles. The van der Waals surface area contributed by atoms with Gasteiger partial charge in [0, 0.05) is 4.57 Å². The third-order valence-corrected chi connectivity index (χ3v) is 0.419. The fourth-order valence-electron chi connectivity index (χ4n) is 0.0149. The average molecular weight is 107 g/mol. The van der Waals surface area contributed by atoms with E-state index in [0.29, 0.717) is 0 Å².